The molecule has 7 nitrogen and oxygen atoms in total. The maximum Gasteiger partial charge on any atom is 0.325 e. The highest BCUT2D eigenvalue weighted by Gasteiger charge is 2.16. The van der Waals surface area contributed by atoms with Crippen molar-refractivity contribution in [1.82, 2.24) is 5.32 Å². The van der Waals surface area contributed by atoms with Gasteiger partial charge in [-0.3, -0.25) is 14.4 Å². The van der Waals surface area contributed by atoms with Gasteiger partial charge in [-0.05, 0) is 37.3 Å². The van der Waals surface area contributed by atoms with Gasteiger partial charge in [-0.1, -0.05) is 24.3 Å². The molecular formula is C19H20N2O5. The largest absolute Gasteiger partial charge is 0.481 e. The first-order chi connectivity index (χ1) is 12.5. The van der Waals surface area contributed by atoms with Gasteiger partial charge in [0.2, 0.25) is 0 Å². The summed E-state index contributed by atoms with van der Waals surface area (Å²) in [5, 5.41) is 5.13. The number of anilines is 1. The first-order valence-corrected chi connectivity index (χ1v) is 7.97. The van der Waals surface area contributed by atoms with Gasteiger partial charge in [-0.15, -0.1) is 0 Å². The van der Waals surface area contributed by atoms with Gasteiger partial charge in [0.25, 0.3) is 11.8 Å². The fourth-order valence-electron chi connectivity index (χ4n) is 2.07. The standard InChI is InChI=1S/C19H20N2O5/c1-13(26-16-9-4-3-5-10-16)18(23)21-15-8-6-7-14(11-15)19(24)20-12-17(22)25-2/h3-11,13H,12H2,1-2H3,(H,20,24)(H,21,23)/t13-/m1/s1. The van der Waals surface area contributed by atoms with E-state index in [0.717, 1.165) is 0 Å². The molecule has 2 amide bonds. The van der Waals surface area contributed by atoms with E-state index in [-0.39, 0.29) is 12.5 Å². The number of ether oxygens (including phenoxy) is 2. The number of amides is 2. The molecule has 136 valence electrons. The van der Waals surface area contributed by atoms with Crippen LogP contribution in [0.3, 0.4) is 0 Å². The molecule has 0 aliphatic heterocycles. The normalized spacial score (nSPS) is 11.2. The lowest BCUT2D eigenvalue weighted by Gasteiger charge is -2.15. The Hall–Kier alpha value is -3.35. The Balaban J connectivity index is 1.95. The number of methoxy groups -OCH3 is 1. The number of carbonyl (C=O) groups excluding carboxylic acids is 3. The van der Waals surface area contributed by atoms with Gasteiger partial charge in [0, 0.05) is 11.3 Å². The Morgan fingerprint density at radius 2 is 1.77 bits per heavy atom. The predicted molar refractivity (Wildman–Crippen MR) is 96.0 cm³/mol. The number of para-hydroxylation sites is 1. The van der Waals surface area contributed by atoms with Crippen LogP contribution in [0.15, 0.2) is 54.6 Å². The maximum atomic E-state index is 12.3. The zero-order chi connectivity index (χ0) is 18.9. The van der Waals surface area contributed by atoms with Crippen molar-refractivity contribution in [2.24, 2.45) is 0 Å². The van der Waals surface area contributed by atoms with Gasteiger partial charge in [0.1, 0.15) is 12.3 Å². The van der Waals surface area contributed by atoms with Crippen molar-refractivity contribution in [2.45, 2.75) is 13.0 Å². The maximum absolute atomic E-state index is 12.3. The van der Waals surface area contributed by atoms with Crippen LogP contribution in [-0.4, -0.2) is 37.5 Å². The Morgan fingerprint density at radius 3 is 2.46 bits per heavy atom. The summed E-state index contributed by atoms with van der Waals surface area (Å²) in [4.78, 5) is 35.4. The Labute approximate surface area is 151 Å². The van der Waals surface area contributed by atoms with Gasteiger partial charge >= 0.3 is 5.97 Å². The molecular weight excluding hydrogens is 336 g/mol. The van der Waals surface area contributed by atoms with Crippen LogP contribution in [0.5, 0.6) is 5.75 Å². The van der Waals surface area contributed by atoms with Crippen LogP contribution in [0.4, 0.5) is 5.69 Å². The van der Waals surface area contributed by atoms with Crippen molar-refractivity contribution >= 4 is 23.5 Å². The van der Waals surface area contributed by atoms with Crippen LogP contribution in [0, 0.1) is 0 Å². The SMILES string of the molecule is COC(=O)CNC(=O)c1cccc(NC(=O)[C@@H](C)Oc2ccccc2)c1. The monoisotopic (exact) mass is 356 g/mol. The number of rotatable bonds is 7. The van der Waals surface area contributed by atoms with Crippen molar-refractivity contribution in [3.05, 3.63) is 60.2 Å². The lowest BCUT2D eigenvalue weighted by molar-refractivity contribution is -0.139. The summed E-state index contributed by atoms with van der Waals surface area (Å²) in [5.74, 6) is -0.748. The van der Waals surface area contributed by atoms with Crippen LogP contribution in [0.2, 0.25) is 0 Å². The molecule has 0 radical (unpaired) electrons. The molecule has 0 fully saturated rings. The summed E-state index contributed by atoms with van der Waals surface area (Å²) < 4.78 is 10.0. The van der Waals surface area contributed by atoms with E-state index in [9.17, 15) is 14.4 Å². The minimum absolute atomic E-state index is 0.228. The number of carbonyl (C=O) groups is 3. The van der Waals surface area contributed by atoms with Crippen molar-refractivity contribution in [3.8, 4) is 5.75 Å². The zero-order valence-corrected chi connectivity index (χ0v) is 14.5. The van der Waals surface area contributed by atoms with Gasteiger partial charge in [-0.2, -0.15) is 0 Å². The summed E-state index contributed by atoms with van der Waals surface area (Å²) in [6.07, 6.45) is -0.714. The van der Waals surface area contributed by atoms with E-state index in [2.05, 4.69) is 15.4 Å². The van der Waals surface area contributed by atoms with E-state index in [4.69, 9.17) is 4.74 Å². The minimum Gasteiger partial charge on any atom is -0.481 e. The van der Waals surface area contributed by atoms with E-state index in [1.165, 1.54) is 13.2 Å². The summed E-state index contributed by atoms with van der Waals surface area (Å²) in [6, 6.07) is 15.4. The van der Waals surface area contributed by atoms with Crippen LogP contribution in [-0.2, 0) is 14.3 Å². The van der Waals surface area contributed by atoms with E-state index in [0.29, 0.717) is 17.0 Å². The van der Waals surface area contributed by atoms with E-state index >= 15 is 0 Å². The summed E-state index contributed by atoms with van der Waals surface area (Å²) in [5.41, 5.74) is 0.757. The molecule has 0 spiro atoms. The Bertz CT molecular complexity index is 777. The molecule has 0 aromatic heterocycles. The van der Waals surface area contributed by atoms with Crippen molar-refractivity contribution < 1.29 is 23.9 Å². The van der Waals surface area contributed by atoms with E-state index in [1.807, 2.05) is 18.2 Å². The first kappa shape index (κ1) is 19.0. The lowest BCUT2D eigenvalue weighted by atomic mass is 10.2. The molecule has 2 aromatic carbocycles. The second kappa shape index (κ2) is 9.22. The highest BCUT2D eigenvalue weighted by Crippen LogP contribution is 2.14. The average Bonchev–Trinajstić information content (AvgIpc) is 2.66. The quantitative estimate of drug-likeness (QED) is 0.740. The fraction of sp³-hybridized carbons (Fsp3) is 0.211. The highest BCUT2D eigenvalue weighted by molar-refractivity contribution is 5.99. The number of esters is 1. The van der Waals surface area contributed by atoms with Gasteiger partial charge in [-0.25, -0.2) is 0 Å². The molecule has 26 heavy (non-hydrogen) atoms. The molecule has 2 rings (SSSR count). The summed E-state index contributed by atoms with van der Waals surface area (Å²) in [7, 11) is 1.24. The first-order valence-electron chi connectivity index (χ1n) is 7.97. The third-order valence-electron chi connectivity index (χ3n) is 3.44. The molecule has 0 heterocycles. The fourth-order valence-corrected chi connectivity index (χ4v) is 2.07. The number of benzene rings is 2. The van der Waals surface area contributed by atoms with Crippen LogP contribution >= 0.6 is 0 Å². The molecule has 0 bridgehead atoms. The Kier molecular flexibility index (Phi) is 6.73. The molecule has 0 saturated heterocycles. The van der Waals surface area contributed by atoms with Crippen LogP contribution in [0.25, 0.3) is 0 Å². The highest BCUT2D eigenvalue weighted by atomic mass is 16.5. The van der Waals surface area contributed by atoms with Crippen LogP contribution < -0.4 is 15.4 Å². The van der Waals surface area contributed by atoms with Gasteiger partial charge in [0.05, 0.1) is 7.11 Å². The summed E-state index contributed by atoms with van der Waals surface area (Å²) >= 11 is 0. The molecule has 0 saturated carbocycles. The molecule has 0 aliphatic carbocycles. The van der Waals surface area contributed by atoms with Crippen molar-refractivity contribution in [1.29, 1.82) is 0 Å². The lowest BCUT2D eigenvalue weighted by Crippen LogP contribution is -2.31. The van der Waals surface area contributed by atoms with E-state index < -0.39 is 18.0 Å². The molecule has 0 unspecified atom stereocenters. The van der Waals surface area contributed by atoms with Crippen LogP contribution in [0.1, 0.15) is 17.3 Å². The number of hydrogen-bond donors (Lipinski definition) is 2. The van der Waals surface area contributed by atoms with Gasteiger partial charge in [0.15, 0.2) is 6.10 Å². The second-order valence-corrected chi connectivity index (χ2v) is 5.40. The van der Waals surface area contributed by atoms with Crippen molar-refractivity contribution in [2.75, 3.05) is 19.0 Å². The summed E-state index contributed by atoms with van der Waals surface area (Å²) in [6.45, 7) is 1.41. The second-order valence-electron chi connectivity index (χ2n) is 5.40. The Morgan fingerprint density at radius 1 is 1.04 bits per heavy atom. The minimum atomic E-state index is -0.714. The zero-order valence-electron chi connectivity index (χ0n) is 14.5. The molecule has 2 N–H and O–H groups in total. The molecule has 0 aliphatic rings. The number of hydrogen-bond acceptors (Lipinski definition) is 5. The van der Waals surface area contributed by atoms with Gasteiger partial charge < -0.3 is 20.1 Å². The predicted octanol–water partition coefficient (Wildman–Crippen LogP) is 2.00. The van der Waals surface area contributed by atoms with E-state index in [1.54, 1.807) is 37.3 Å². The smallest absolute Gasteiger partial charge is 0.325 e. The molecule has 2 aromatic rings. The molecule has 7 heteroatoms. The third kappa shape index (κ3) is 5.62. The number of nitrogens with one attached hydrogen (secondary N) is 2. The van der Waals surface area contributed by atoms with Crippen molar-refractivity contribution in [3.63, 3.8) is 0 Å². The third-order valence-corrected chi connectivity index (χ3v) is 3.44. The average molecular weight is 356 g/mol. The molecule has 1 atom stereocenters. The topological polar surface area (TPSA) is 93.7 Å².